The molecular weight excluding hydrogens is 440 g/mol. The average molecular weight is 475 g/mol. The zero-order valence-electron chi connectivity index (χ0n) is 20.6. The van der Waals surface area contributed by atoms with Crippen LogP contribution >= 0.6 is 11.8 Å². The summed E-state index contributed by atoms with van der Waals surface area (Å²) in [5.41, 5.74) is 0.760. The lowest BCUT2D eigenvalue weighted by atomic mass is 9.92. The van der Waals surface area contributed by atoms with Crippen LogP contribution in [0.4, 0.5) is 4.79 Å². The number of benzene rings is 1. The first kappa shape index (κ1) is 25.1. The Hall–Kier alpha value is -2.48. The van der Waals surface area contributed by atoms with Gasteiger partial charge in [-0.1, -0.05) is 25.1 Å². The third-order valence-electron chi connectivity index (χ3n) is 5.40. The summed E-state index contributed by atoms with van der Waals surface area (Å²) in [6, 6.07) is 7.31. The van der Waals surface area contributed by atoms with E-state index >= 15 is 0 Å². The summed E-state index contributed by atoms with van der Waals surface area (Å²) in [5, 5.41) is 3.59. The van der Waals surface area contributed by atoms with Crippen LogP contribution in [0, 0.1) is 0 Å². The molecule has 1 aliphatic rings. The SMILES string of the molecule is CC(=O)[C@]1(C(=O)OC(C)(C)C)S[C@H](C)[C@@H](NC(=O)OC(C)(C)C)Cc2c1[nH]c1ccccc21. The van der Waals surface area contributed by atoms with Crippen molar-refractivity contribution in [3.63, 3.8) is 0 Å². The van der Waals surface area contributed by atoms with Crippen molar-refractivity contribution >= 4 is 40.5 Å². The Bertz CT molecular complexity index is 1080. The minimum atomic E-state index is -1.58. The Morgan fingerprint density at radius 1 is 1.06 bits per heavy atom. The molecule has 1 aromatic heterocycles. The standard InChI is InChI=1S/C25H34N2O5S/c1-14-19(27-22(30)32-24(6,7)8)13-17-16-11-9-10-12-18(16)26-20(17)25(33-14,15(2)28)21(29)31-23(3,4)5/h9-12,14,19,26H,13H2,1-8H3,(H,27,30)/t14-,19+,25+/m1/s1. The molecule has 0 bridgehead atoms. The normalized spacial score (nSPS) is 23.4. The van der Waals surface area contributed by atoms with Crippen LogP contribution in [-0.4, -0.2) is 45.3 Å². The van der Waals surface area contributed by atoms with Gasteiger partial charge in [0.25, 0.3) is 0 Å². The summed E-state index contributed by atoms with van der Waals surface area (Å²) in [6.07, 6.45) is -0.0983. The first-order chi connectivity index (χ1) is 15.1. The number of amides is 1. The van der Waals surface area contributed by atoms with Gasteiger partial charge in [-0.05, 0) is 66.5 Å². The van der Waals surface area contributed by atoms with E-state index in [0.717, 1.165) is 16.5 Å². The predicted molar refractivity (Wildman–Crippen MR) is 130 cm³/mol. The highest BCUT2D eigenvalue weighted by Gasteiger charge is 2.54. The number of para-hydroxylation sites is 1. The van der Waals surface area contributed by atoms with E-state index in [1.165, 1.54) is 18.7 Å². The Balaban J connectivity index is 2.15. The van der Waals surface area contributed by atoms with E-state index in [0.29, 0.717) is 12.1 Å². The molecule has 0 saturated carbocycles. The number of alkyl carbamates (subject to hydrolysis) is 1. The third-order valence-corrected chi connectivity index (χ3v) is 7.12. The second-order valence-electron chi connectivity index (χ2n) is 10.5. The number of esters is 1. The number of rotatable bonds is 3. The number of carbonyl (C=O) groups excluding carboxylic acids is 3. The van der Waals surface area contributed by atoms with Crippen LogP contribution in [0.2, 0.25) is 0 Å². The Morgan fingerprint density at radius 3 is 2.24 bits per heavy atom. The number of ether oxygens (including phenoxy) is 2. The minimum absolute atomic E-state index is 0.284. The fourth-order valence-corrected chi connectivity index (χ4v) is 5.53. The fourth-order valence-electron chi connectivity index (χ4n) is 4.05. The van der Waals surface area contributed by atoms with Gasteiger partial charge in [0.1, 0.15) is 11.2 Å². The molecule has 8 heteroatoms. The summed E-state index contributed by atoms with van der Waals surface area (Å²) < 4.78 is 9.66. The van der Waals surface area contributed by atoms with E-state index in [2.05, 4.69) is 10.3 Å². The molecule has 1 amide bonds. The van der Waals surface area contributed by atoms with E-state index < -0.39 is 28.0 Å². The van der Waals surface area contributed by atoms with Crippen LogP contribution in [0.3, 0.4) is 0 Å². The minimum Gasteiger partial charge on any atom is -0.458 e. The van der Waals surface area contributed by atoms with E-state index in [-0.39, 0.29) is 17.1 Å². The van der Waals surface area contributed by atoms with Crippen molar-refractivity contribution in [2.45, 2.75) is 89.1 Å². The zero-order chi connectivity index (χ0) is 24.8. The molecule has 2 aromatic rings. The summed E-state index contributed by atoms with van der Waals surface area (Å²) in [6.45, 7) is 14.1. The van der Waals surface area contributed by atoms with E-state index in [1.807, 2.05) is 31.2 Å². The number of aromatic nitrogens is 1. The number of aromatic amines is 1. The molecule has 2 heterocycles. The van der Waals surface area contributed by atoms with Gasteiger partial charge >= 0.3 is 12.1 Å². The van der Waals surface area contributed by atoms with Crippen LogP contribution in [0.5, 0.6) is 0 Å². The quantitative estimate of drug-likeness (QED) is 0.487. The largest absolute Gasteiger partial charge is 0.458 e. The van der Waals surface area contributed by atoms with Gasteiger partial charge in [-0.3, -0.25) is 4.79 Å². The molecule has 0 fully saturated rings. The second kappa shape index (κ2) is 8.70. The molecular formula is C25H34N2O5S. The van der Waals surface area contributed by atoms with Gasteiger partial charge in [0, 0.05) is 22.2 Å². The molecule has 1 aromatic carbocycles. The van der Waals surface area contributed by atoms with Crippen molar-refractivity contribution in [3.05, 3.63) is 35.5 Å². The number of fused-ring (bicyclic) bond motifs is 3. The van der Waals surface area contributed by atoms with Crippen LogP contribution in [0.15, 0.2) is 24.3 Å². The molecule has 33 heavy (non-hydrogen) atoms. The number of thioether (sulfide) groups is 1. The van der Waals surface area contributed by atoms with Gasteiger partial charge in [0.05, 0.1) is 5.69 Å². The van der Waals surface area contributed by atoms with Crippen LogP contribution < -0.4 is 5.32 Å². The molecule has 3 atom stereocenters. The smallest absolute Gasteiger partial charge is 0.407 e. The molecule has 0 spiro atoms. The maximum Gasteiger partial charge on any atom is 0.407 e. The predicted octanol–water partition coefficient (Wildman–Crippen LogP) is 4.87. The first-order valence-corrected chi connectivity index (χ1v) is 12.0. The topological polar surface area (TPSA) is 97.5 Å². The molecule has 7 nitrogen and oxygen atoms in total. The molecule has 3 rings (SSSR count). The van der Waals surface area contributed by atoms with Crippen molar-refractivity contribution in [3.8, 4) is 0 Å². The van der Waals surface area contributed by atoms with Gasteiger partial charge in [-0.2, -0.15) is 0 Å². The fraction of sp³-hybridized carbons (Fsp3) is 0.560. The van der Waals surface area contributed by atoms with E-state index in [1.54, 1.807) is 41.5 Å². The monoisotopic (exact) mass is 474 g/mol. The zero-order valence-corrected chi connectivity index (χ0v) is 21.4. The summed E-state index contributed by atoms with van der Waals surface area (Å²) >= 11 is 1.21. The molecule has 180 valence electrons. The van der Waals surface area contributed by atoms with Crippen molar-refractivity contribution in [2.75, 3.05) is 0 Å². The number of H-pyrrole nitrogens is 1. The Labute approximate surface area is 199 Å². The third kappa shape index (κ3) is 5.21. The van der Waals surface area contributed by atoms with E-state index in [9.17, 15) is 14.4 Å². The van der Waals surface area contributed by atoms with Crippen molar-refractivity contribution in [1.29, 1.82) is 0 Å². The highest BCUT2D eigenvalue weighted by Crippen LogP contribution is 2.48. The highest BCUT2D eigenvalue weighted by atomic mass is 32.2. The van der Waals surface area contributed by atoms with Crippen LogP contribution in [-0.2, 0) is 30.2 Å². The lowest BCUT2D eigenvalue weighted by Gasteiger charge is -2.33. The van der Waals surface area contributed by atoms with Crippen molar-refractivity contribution in [2.24, 2.45) is 0 Å². The van der Waals surface area contributed by atoms with Gasteiger partial charge in [-0.25, -0.2) is 9.59 Å². The molecule has 0 radical (unpaired) electrons. The number of nitrogens with one attached hydrogen (secondary N) is 2. The summed E-state index contributed by atoms with van der Waals surface area (Å²) in [4.78, 5) is 42.8. The second-order valence-corrected chi connectivity index (χ2v) is 12.1. The Kier molecular flexibility index (Phi) is 6.63. The van der Waals surface area contributed by atoms with Crippen molar-refractivity contribution < 1.29 is 23.9 Å². The highest BCUT2D eigenvalue weighted by molar-refractivity contribution is 8.02. The number of Topliss-reactive ketones (excluding diaryl/α,β-unsaturated/α-hetero) is 1. The molecule has 0 saturated heterocycles. The molecule has 0 unspecified atom stereocenters. The summed E-state index contributed by atoms with van der Waals surface area (Å²) in [5.74, 6) is -0.926. The number of carbonyl (C=O) groups is 3. The van der Waals surface area contributed by atoms with Gasteiger partial charge in [0.2, 0.25) is 4.75 Å². The van der Waals surface area contributed by atoms with Crippen molar-refractivity contribution in [1.82, 2.24) is 10.3 Å². The number of hydrogen-bond acceptors (Lipinski definition) is 6. The molecule has 1 aliphatic heterocycles. The first-order valence-electron chi connectivity index (χ1n) is 11.2. The number of ketones is 1. The Morgan fingerprint density at radius 2 is 1.67 bits per heavy atom. The van der Waals surface area contributed by atoms with Crippen LogP contribution in [0.25, 0.3) is 10.9 Å². The van der Waals surface area contributed by atoms with Crippen LogP contribution in [0.1, 0.15) is 66.6 Å². The lowest BCUT2D eigenvalue weighted by Crippen LogP contribution is -2.47. The lowest BCUT2D eigenvalue weighted by molar-refractivity contribution is -0.160. The van der Waals surface area contributed by atoms with Gasteiger partial charge < -0.3 is 19.8 Å². The maximum absolute atomic E-state index is 13.6. The van der Waals surface area contributed by atoms with Gasteiger partial charge in [-0.15, -0.1) is 11.8 Å². The molecule has 0 aliphatic carbocycles. The van der Waals surface area contributed by atoms with E-state index in [4.69, 9.17) is 9.47 Å². The summed E-state index contributed by atoms with van der Waals surface area (Å²) in [7, 11) is 0. The average Bonchev–Trinajstić information content (AvgIpc) is 2.95. The maximum atomic E-state index is 13.6. The molecule has 2 N–H and O–H groups in total. The number of hydrogen-bond donors (Lipinski definition) is 2. The van der Waals surface area contributed by atoms with Gasteiger partial charge in [0.15, 0.2) is 5.78 Å².